The summed E-state index contributed by atoms with van der Waals surface area (Å²) < 4.78 is 36.6. The number of benzene rings is 2. The molecule has 1 amide bonds. The molecule has 3 aromatic rings. The van der Waals surface area contributed by atoms with Crippen LogP contribution in [0.25, 0.3) is 10.2 Å². The fourth-order valence-corrected chi connectivity index (χ4v) is 6.60. The minimum absolute atomic E-state index is 0.184. The van der Waals surface area contributed by atoms with Crippen molar-refractivity contribution in [2.75, 3.05) is 26.3 Å². The number of hydrogen-bond acceptors (Lipinski definition) is 5. The van der Waals surface area contributed by atoms with Crippen LogP contribution in [0.4, 0.5) is 0 Å². The van der Waals surface area contributed by atoms with Gasteiger partial charge in [0.05, 0.1) is 21.7 Å². The van der Waals surface area contributed by atoms with Gasteiger partial charge in [-0.3, -0.25) is 4.79 Å². The van der Waals surface area contributed by atoms with E-state index in [2.05, 4.69) is 4.99 Å². The van der Waals surface area contributed by atoms with Crippen LogP contribution in [0, 0.1) is 11.8 Å². The van der Waals surface area contributed by atoms with Gasteiger partial charge in [-0.05, 0) is 55.2 Å². The summed E-state index contributed by atoms with van der Waals surface area (Å²) in [4.78, 5) is 18.1. The van der Waals surface area contributed by atoms with E-state index in [1.165, 1.54) is 27.8 Å². The summed E-state index contributed by atoms with van der Waals surface area (Å²) in [5.74, 6) is 0.00435. The summed E-state index contributed by atoms with van der Waals surface area (Å²) in [6.07, 6.45) is 0. The van der Waals surface area contributed by atoms with Crippen molar-refractivity contribution in [1.82, 2.24) is 8.87 Å². The molecule has 9 heteroatoms. The van der Waals surface area contributed by atoms with Crippen molar-refractivity contribution in [3.05, 3.63) is 58.9 Å². The number of ether oxygens (including phenoxy) is 1. The van der Waals surface area contributed by atoms with E-state index in [0.717, 1.165) is 10.2 Å². The molecule has 190 valence electrons. The Balaban J connectivity index is 1.90. The fraction of sp³-hybridized carbons (Fsp3) is 0.462. The fourth-order valence-electron chi connectivity index (χ4n) is 3.78. The van der Waals surface area contributed by atoms with E-state index in [0.29, 0.717) is 43.2 Å². The van der Waals surface area contributed by atoms with E-state index in [1.807, 2.05) is 63.5 Å². The molecule has 0 bridgehead atoms. The maximum atomic E-state index is 13.2. The zero-order valence-electron chi connectivity index (χ0n) is 21.1. The number of sulfonamides is 1. The molecule has 0 saturated carbocycles. The summed E-state index contributed by atoms with van der Waals surface area (Å²) in [7, 11) is -3.65. The summed E-state index contributed by atoms with van der Waals surface area (Å²) in [5.41, 5.74) is 1.35. The predicted octanol–water partition coefficient (Wildman–Crippen LogP) is 4.78. The Kier molecular flexibility index (Phi) is 9.40. The molecule has 0 aliphatic heterocycles. The Hall–Kier alpha value is -2.33. The number of rotatable bonds is 11. The summed E-state index contributed by atoms with van der Waals surface area (Å²) in [6, 6.07) is 14.0. The standard InChI is InChI=1S/C26H35N3O4S2/c1-6-33-16-15-29-23-9-7-8-10-24(23)34-26(29)27-25(30)21-11-13-22(14-12-21)35(31,32)28(17-19(2)3)18-20(4)5/h7-14,19-20H,6,15-18H2,1-5H3. The minimum atomic E-state index is -3.65. The topological polar surface area (TPSA) is 81.0 Å². The lowest BCUT2D eigenvalue weighted by Crippen LogP contribution is -2.37. The minimum Gasteiger partial charge on any atom is -0.380 e. The number of fused-ring (bicyclic) bond motifs is 1. The van der Waals surface area contributed by atoms with Gasteiger partial charge in [0.25, 0.3) is 5.91 Å². The van der Waals surface area contributed by atoms with Crippen LogP contribution in [0.1, 0.15) is 45.0 Å². The van der Waals surface area contributed by atoms with Gasteiger partial charge in [-0.25, -0.2) is 8.42 Å². The van der Waals surface area contributed by atoms with Crippen molar-refractivity contribution >= 4 is 37.5 Å². The van der Waals surface area contributed by atoms with Crippen LogP contribution in [0.3, 0.4) is 0 Å². The molecule has 3 rings (SSSR count). The van der Waals surface area contributed by atoms with Crippen molar-refractivity contribution in [2.24, 2.45) is 16.8 Å². The molecule has 2 aromatic carbocycles. The molecule has 0 atom stereocenters. The third-order valence-electron chi connectivity index (χ3n) is 5.33. The zero-order valence-corrected chi connectivity index (χ0v) is 22.7. The van der Waals surface area contributed by atoms with Crippen LogP contribution in [-0.2, 0) is 21.3 Å². The Morgan fingerprint density at radius 2 is 1.66 bits per heavy atom. The van der Waals surface area contributed by atoms with E-state index in [4.69, 9.17) is 4.74 Å². The molecule has 7 nitrogen and oxygen atoms in total. The van der Waals surface area contributed by atoms with Crippen molar-refractivity contribution in [3.8, 4) is 0 Å². The molecule has 0 aliphatic carbocycles. The number of amides is 1. The first kappa shape index (κ1) is 27.3. The molecule has 0 fully saturated rings. The van der Waals surface area contributed by atoms with Gasteiger partial charge in [-0.15, -0.1) is 0 Å². The maximum Gasteiger partial charge on any atom is 0.279 e. The van der Waals surface area contributed by atoms with Gasteiger partial charge in [-0.1, -0.05) is 51.2 Å². The van der Waals surface area contributed by atoms with Gasteiger partial charge < -0.3 is 9.30 Å². The number of nitrogens with zero attached hydrogens (tertiary/aromatic N) is 3. The Bertz CT molecular complexity index is 1300. The number of thiazole rings is 1. The van der Waals surface area contributed by atoms with Crippen LogP contribution < -0.4 is 4.80 Å². The molecule has 1 heterocycles. The van der Waals surface area contributed by atoms with E-state index >= 15 is 0 Å². The molecule has 1 aromatic heterocycles. The monoisotopic (exact) mass is 517 g/mol. The highest BCUT2D eigenvalue weighted by atomic mass is 32.2. The van der Waals surface area contributed by atoms with Crippen LogP contribution >= 0.6 is 11.3 Å². The predicted molar refractivity (Wildman–Crippen MR) is 141 cm³/mol. The van der Waals surface area contributed by atoms with Crippen molar-refractivity contribution in [1.29, 1.82) is 0 Å². The van der Waals surface area contributed by atoms with Gasteiger partial charge in [0.1, 0.15) is 0 Å². The lowest BCUT2D eigenvalue weighted by atomic mass is 10.2. The highest BCUT2D eigenvalue weighted by Crippen LogP contribution is 2.20. The zero-order chi connectivity index (χ0) is 25.6. The highest BCUT2D eigenvalue weighted by molar-refractivity contribution is 7.89. The molecule has 35 heavy (non-hydrogen) atoms. The quantitative estimate of drug-likeness (QED) is 0.343. The van der Waals surface area contributed by atoms with Gasteiger partial charge >= 0.3 is 0 Å². The van der Waals surface area contributed by atoms with Gasteiger partial charge in [0, 0.05) is 31.8 Å². The molecule has 0 spiro atoms. The second kappa shape index (κ2) is 12.1. The number of hydrogen-bond donors (Lipinski definition) is 0. The van der Waals surface area contributed by atoms with Crippen LogP contribution in [-0.4, -0.2) is 49.5 Å². The number of para-hydroxylation sites is 1. The first-order valence-electron chi connectivity index (χ1n) is 12.0. The first-order chi connectivity index (χ1) is 16.6. The van der Waals surface area contributed by atoms with Gasteiger partial charge in [0.2, 0.25) is 10.0 Å². The molecular formula is C26H35N3O4S2. The first-order valence-corrected chi connectivity index (χ1v) is 14.2. The summed E-state index contributed by atoms with van der Waals surface area (Å²) >= 11 is 1.44. The number of aromatic nitrogens is 1. The average molecular weight is 518 g/mol. The molecule has 0 aliphatic rings. The molecular weight excluding hydrogens is 482 g/mol. The van der Waals surface area contributed by atoms with Gasteiger partial charge in [-0.2, -0.15) is 9.30 Å². The number of carbonyl (C=O) groups is 1. The maximum absolute atomic E-state index is 13.2. The van der Waals surface area contributed by atoms with Crippen LogP contribution in [0.5, 0.6) is 0 Å². The third-order valence-corrected chi connectivity index (χ3v) is 8.23. The van der Waals surface area contributed by atoms with Crippen LogP contribution in [0.2, 0.25) is 0 Å². The Morgan fingerprint density at radius 1 is 1.03 bits per heavy atom. The van der Waals surface area contributed by atoms with Crippen molar-refractivity contribution in [3.63, 3.8) is 0 Å². The van der Waals surface area contributed by atoms with E-state index < -0.39 is 15.9 Å². The highest BCUT2D eigenvalue weighted by Gasteiger charge is 2.26. The van der Waals surface area contributed by atoms with Crippen molar-refractivity contribution in [2.45, 2.75) is 46.1 Å². The summed E-state index contributed by atoms with van der Waals surface area (Å²) in [5, 5.41) is 0. The van der Waals surface area contributed by atoms with E-state index in [-0.39, 0.29) is 16.7 Å². The smallest absolute Gasteiger partial charge is 0.279 e. The van der Waals surface area contributed by atoms with Crippen LogP contribution in [0.15, 0.2) is 58.4 Å². The Morgan fingerprint density at radius 3 is 2.26 bits per heavy atom. The lowest BCUT2D eigenvalue weighted by Gasteiger charge is -2.25. The average Bonchev–Trinajstić information content (AvgIpc) is 3.15. The Labute approximate surface area is 212 Å². The lowest BCUT2D eigenvalue weighted by molar-refractivity contribution is 0.0996. The second-order valence-electron chi connectivity index (χ2n) is 9.25. The van der Waals surface area contributed by atoms with Gasteiger partial charge in [0.15, 0.2) is 4.80 Å². The van der Waals surface area contributed by atoms with Crippen molar-refractivity contribution < 1.29 is 17.9 Å². The SMILES string of the molecule is CCOCCn1c(=NC(=O)c2ccc(S(=O)(=O)N(CC(C)C)CC(C)C)cc2)sc2ccccc21. The van der Waals surface area contributed by atoms with E-state index in [1.54, 1.807) is 12.1 Å². The molecule has 0 N–H and O–H groups in total. The van der Waals surface area contributed by atoms with E-state index in [9.17, 15) is 13.2 Å². The summed E-state index contributed by atoms with van der Waals surface area (Å²) in [6.45, 7) is 12.6. The molecule has 0 saturated heterocycles. The third kappa shape index (κ3) is 6.88. The molecule has 0 radical (unpaired) electrons. The molecule has 0 unspecified atom stereocenters. The normalized spacial score (nSPS) is 13.0. The number of carbonyl (C=O) groups excluding carboxylic acids is 1. The largest absolute Gasteiger partial charge is 0.380 e. The second-order valence-corrected chi connectivity index (χ2v) is 12.2.